The maximum absolute atomic E-state index is 13.2. The summed E-state index contributed by atoms with van der Waals surface area (Å²) in [6, 6.07) is 12.5. The number of benzene rings is 2. The van der Waals surface area contributed by atoms with Gasteiger partial charge >= 0.3 is 0 Å². The van der Waals surface area contributed by atoms with Crippen molar-refractivity contribution in [3.63, 3.8) is 0 Å². The predicted molar refractivity (Wildman–Crippen MR) is 133 cm³/mol. The van der Waals surface area contributed by atoms with E-state index in [4.69, 9.17) is 0 Å². The zero-order chi connectivity index (χ0) is 24.3. The Labute approximate surface area is 203 Å². The number of piperidine rings is 1. The third-order valence-corrected chi connectivity index (χ3v) is 8.14. The van der Waals surface area contributed by atoms with Crippen LogP contribution >= 0.6 is 11.3 Å². The van der Waals surface area contributed by atoms with E-state index in [2.05, 4.69) is 29.5 Å². The molecule has 8 nitrogen and oxygen atoms in total. The second-order valence-electron chi connectivity index (χ2n) is 8.62. The van der Waals surface area contributed by atoms with Crippen LogP contribution in [0.5, 0.6) is 0 Å². The third-order valence-electron chi connectivity index (χ3n) is 5.63. The van der Waals surface area contributed by atoms with Gasteiger partial charge in [-0.1, -0.05) is 19.9 Å². The summed E-state index contributed by atoms with van der Waals surface area (Å²) in [5.41, 5.74) is 1.15. The minimum absolute atomic E-state index is 0.107. The first-order valence-corrected chi connectivity index (χ1v) is 13.3. The first-order chi connectivity index (χ1) is 16.2. The molecule has 10 heteroatoms. The number of nitrogens with zero attached hydrogens (tertiary/aromatic N) is 2. The van der Waals surface area contributed by atoms with Gasteiger partial charge < -0.3 is 5.32 Å². The molecule has 0 spiro atoms. The summed E-state index contributed by atoms with van der Waals surface area (Å²) in [7, 11) is -3.69. The fraction of sp³-hybridized carbons (Fsp3) is 0.292. The highest BCUT2D eigenvalue weighted by Crippen LogP contribution is 2.27. The largest absolute Gasteiger partial charge is 0.322 e. The van der Waals surface area contributed by atoms with Crippen LogP contribution in [-0.2, 0) is 10.0 Å². The molecule has 2 heterocycles. The number of thiazole rings is 1. The Bertz CT molecular complexity index is 1260. The van der Waals surface area contributed by atoms with Gasteiger partial charge in [0.15, 0.2) is 5.13 Å². The summed E-state index contributed by atoms with van der Waals surface area (Å²) in [5.74, 6) is -0.155. The third kappa shape index (κ3) is 5.52. The minimum atomic E-state index is -3.69. The number of carbonyl (C=O) groups is 2. The van der Waals surface area contributed by atoms with Gasteiger partial charge in [-0.15, -0.1) is 11.3 Å². The molecule has 1 saturated heterocycles. The van der Waals surface area contributed by atoms with Crippen LogP contribution in [0.15, 0.2) is 65.0 Å². The van der Waals surface area contributed by atoms with Gasteiger partial charge in [0.05, 0.1) is 4.90 Å². The number of hydrogen-bond donors (Lipinski definition) is 2. The molecule has 0 bridgehead atoms. The summed E-state index contributed by atoms with van der Waals surface area (Å²) in [6.45, 7) is 5.06. The average molecular weight is 499 g/mol. The molecule has 1 fully saturated rings. The standard InChI is InChI=1S/C24H26N4O4S2/c1-16-12-17(2)15-28(14-16)34(31,32)21-5-3-4-19(13-21)23(30)26-20-8-6-18(7-9-20)22(29)27-24-25-10-11-33-24/h3-11,13,16-17H,12,14-15H2,1-2H3,(H,26,30)(H,25,27,29). The van der Waals surface area contributed by atoms with E-state index in [1.165, 1.54) is 27.8 Å². The number of amides is 2. The highest BCUT2D eigenvalue weighted by Gasteiger charge is 2.32. The van der Waals surface area contributed by atoms with Gasteiger partial charge in [0.2, 0.25) is 10.0 Å². The van der Waals surface area contributed by atoms with E-state index in [1.807, 2.05) is 0 Å². The van der Waals surface area contributed by atoms with Crippen LogP contribution in [0.4, 0.5) is 10.8 Å². The van der Waals surface area contributed by atoms with Crippen molar-refractivity contribution >= 4 is 44.0 Å². The number of hydrogen-bond acceptors (Lipinski definition) is 6. The van der Waals surface area contributed by atoms with Gasteiger partial charge in [-0.05, 0) is 60.7 Å². The number of nitrogens with one attached hydrogen (secondary N) is 2. The summed E-state index contributed by atoms with van der Waals surface area (Å²) in [4.78, 5) is 29.2. The number of rotatable bonds is 6. The Hall–Kier alpha value is -3.08. The SMILES string of the molecule is CC1CC(C)CN(S(=O)(=O)c2cccc(C(=O)Nc3ccc(C(=O)Nc4nccs4)cc3)c2)C1. The zero-order valence-corrected chi connectivity index (χ0v) is 20.5. The molecule has 2 amide bonds. The molecule has 2 N–H and O–H groups in total. The highest BCUT2D eigenvalue weighted by molar-refractivity contribution is 7.89. The van der Waals surface area contributed by atoms with E-state index in [1.54, 1.807) is 48.0 Å². The lowest BCUT2D eigenvalue weighted by molar-refractivity contribution is 0.101. The number of aromatic nitrogens is 1. The average Bonchev–Trinajstić information content (AvgIpc) is 3.32. The molecule has 0 aliphatic carbocycles. The molecule has 4 rings (SSSR count). The quantitative estimate of drug-likeness (QED) is 0.526. The van der Waals surface area contributed by atoms with Crippen molar-refractivity contribution in [2.45, 2.75) is 25.2 Å². The van der Waals surface area contributed by atoms with Crippen molar-refractivity contribution in [3.05, 3.63) is 71.2 Å². The van der Waals surface area contributed by atoms with E-state index >= 15 is 0 Å². The van der Waals surface area contributed by atoms with Gasteiger partial charge in [-0.3, -0.25) is 14.9 Å². The summed E-state index contributed by atoms with van der Waals surface area (Å²) in [6.07, 6.45) is 2.60. The molecule has 0 radical (unpaired) electrons. The van der Waals surface area contributed by atoms with Gasteiger partial charge in [-0.2, -0.15) is 4.31 Å². The van der Waals surface area contributed by atoms with E-state index in [0.29, 0.717) is 29.5 Å². The van der Waals surface area contributed by atoms with E-state index in [0.717, 1.165) is 6.42 Å². The smallest absolute Gasteiger partial charge is 0.257 e. The topological polar surface area (TPSA) is 108 Å². The summed E-state index contributed by atoms with van der Waals surface area (Å²) < 4.78 is 27.9. The van der Waals surface area contributed by atoms with Crippen LogP contribution < -0.4 is 10.6 Å². The number of anilines is 2. The van der Waals surface area contributed by atoms with Crippen molar-refractivity contribution in [3.8, 4) is 0 Å². The van der Waals surface area contributed by atoms with E-state index in [-0.39, 0.29) is 28.2 Å². The maximum Gasteiger partial charge on any atom is 0.257 e. The zero-order valence-electron chi connectivity index (χ0n) is 18.9. The van der Waals surface area contributed by atoms with Crippen LogP contribution in [0.3, 0.4) is 0 Å². The Morgan fingerprint density at radius 3 is 2.29 bits per heavy atom. The van der Waals surface area contributed by atoms with E-state index < -0.39 is 15.9 Å². The Balaban J connectivity index is 1.44. The molecule has 1 aromatic heterocycles. The van der Waals surface area contributed by atoms with Gasteiger partial charge in [0.25, 0.3) is 11.8 Å². The lowest BCUT2D eigenvalue weighted by Gasteiger charge is -2.34. The van der Waals surface area contributed by atoms with Crippen LogP contribution in [0, 0.1) is 11.8 Å². The van der Waals surface area contributed by atoms with E-state index in [9.17, 15) is 18.0 Å². The Kier molecular flexibility index (Phi) is 7.11. The van der Waals surface area contributed by atoms with Gasteiger partial charge in [-0.25, -0.2) is 13.4 Å². The number of sulfonamides is 1. The molecular weight excluding hydrogens is 472 g/mol. The maximum atomic E-state index is 13.2. The second-order valence-corrected chi connectivity index (χ2v) is 11.5. The van der Waals surface area contributed by atoms with Crippen LogP contribution in [-0.4, -0.2) is 42.6 Å². The van der Waals surface area contributed by atoms with Crippen molar-refractivity contribution < 1.29 is 18.0 Å². The molecule has 2 aromatic carbocycles. The monoisotopic (exact) mass is 498 g/mol. The van der Waals surface area contributed by atoms with Crippen molar-refractivity contribution in [1.29, 1.82) is 0 Å². The minimum Gasteiger partial charge on any atom is -0.322 e. The van der Waals surface area contributed by atoms with Crippen LogP contribution in [0.1, 0.15) is 41.0 Å². The lowest BCUT2D eigenvalue weighted by atomic mass is 9.94. The van der Waals surface area contributed by atoms with Gasteiger partial charge in [0.1, 0.15) is 0 Å². The molecule has 2 unspecified atom stereocenters. The fourth-order valence-electron chi connectivity index (χ4n) is 4.11. The van der Waals surface area contributed by atoms with Crippen molar-refractivity contribution in [1.82, 2.24) is 9.29 Å². The summed E-state index contributed by atoms with van der Waals surface area (Å²) >= 11 is 1.32. The lowest BCUT2D eigenvalue weighted by Crippen LogP contribution is -2.42. The fourth-order valence-corrected chi connectivity index (χ4v) is 6.36. The van der Waals surface area contributed by atoms with Crippen molar-refractivity contribution in [2.75, 3.05) is 23.7 Å². The van der Waals surface area contributed by atoms with Crippen LogP contribution in [0.25, 0.3) is 0 Å². The first-order valence-electron chi connectivity index (χ1n) is 10.9. The Morgan fingerprint density at radius 1 is 0.971 bits per heavy atom. The first kappa shape index (κ1) is 24.1. The molecular formula is C24H26N4O4S2. The highest BCUT2D eigenvalue weighted by atomic mass is 32.2. The predicted octanol–water partition coefficient (Wildman–Crippen LogP) is 4.31. The van der Waals surface area contributed by atoms with Crippen LogP contribution in [0.2, 0.25) is 0 Å². The molecule has 34 heavy (non-hydrogen) atoms. The summed E-state index contributed by atoms with van der Waals surface area (Å²) in [5, 5.41) is 7.72. The molecule has 0 saturated carbocycles. The van der Waals surface area contributed by atoms with Gasteiger partial charge in [0, 0.05) is 41.5 Å². The molecule has 178 valence electrons. The molecule has 1 aliphatic rings. The molecule has 1 aliphatic heterocycles. The van der Waals surface area contributed by atoms with Crippen molar-refractivity contribution in [2.24, 2.45) is 11.8 Å². The molecule has 2 atom stereocenters. The second kappa shape index (κ2) is 10.0. The Morgan fingerprint density at radius 2 is 1.65 bits per heavy atom. The normalized spacial score (nSPS) is 18.9. The number of carbonyl (C=O) groups excluding carboxylic acids is 2. The molecule has 3 aromatic rings.